The Morgan fingerprint density at radius 2 is 2.00 bits per heavy atom. The molecule has 5 heteroatoms. The van der Waals surface area contributed by atoms with Gasteiger partial charge in [0.2, 0.25) is 0 Å². The van der Waals surface area contributed by atoms with Crippen molar-refractivity contribution in [2.45, 2.75) is 6.54 Å². The predicted octanol–water partition coefficient (Wildman–Crippen LogP) is 0.0128. The number of furan rings is 1. The Bertz CT molecular complexity index is 590. The van der Waals surface area contributed by atoms with Crippen LogP contribution in [0.4, 0.5) is 0 Å². The van der Waals surface area contributed by atoms with Gasteiger partial charge in [-0.3, -0.25) is 0 Å². The monoisotopic (exact) mass is 306 g/mol. The first-order chi connectivity index (χ1) is 9.74. The molecule has 21 heavy (non-hydrogen) atoms. The highest BCUT2D eigenvalue weighted by Gasteiger charge is 2.07. The summed E-state index contributed by atoms with van der Waals surface area (Å²) >= 11 is 0. The third-order valence-corrected chi connectivity index (χ3v) is 2.84. The van der Waals surface area contributed by atoms with E-state index >= 15 is 0 Å². The Hall–Kier alpha value is -2.04. The lowest BCUT2D eigenvalue weighted by Crippen LogP contribution is -3.00. The molecule has 0 amide bonds. The largest absolute Gasteiger partial charge is 1.00 e. The molecule has 1 aromatic heterocycles. The molecule has 1 N–H and O–H groups in total. The van der Waals surface area contributed by atoms with Gasteiger partial charge in [0, 0.05) is 12.1 Å². The second-order valence-corrected chi connectivity index (χ2v) is 4.25. The molecule has 0 aliphatic carbocycles. The van der Waals surface area contributed by atoms with Crippen LogP contribution in [0.5, 0.6) is 0 Å². The zero-order valence-corrected chi connectivity index (χ0v) is 12.5. The van der Waals surface area contributed by atoms with Gasteiger partial charge in [0.15, 0.2) is 0 Å². The summed E-state index contributed by atoms with van der Waals surface area (Å²) < 4.78 is 10.4. The van der Waals surface area contributed by atoms with Crippen LogP contribution in [0.2, 0.25) is 0 Å². The van der Waals surface area contributed by atoms with E-state index < -0.39 is 0 Å². The Morgan fingerprint density at radius 1 is 1.29 bits per heavy atom. The number of hydrogen-bond donors (Lipinski definition) is 1. The average Bonchev–Trinajstić information content (AvgIpc) is 2.96. The van der Waals surface area contributed by atoms with Crippen LogP contribution in [-0.4, -0.2) is 19.6 Å². The van der Waals surface area contributed by atoms with E-state index in [-0.39, 0.29) is 18.4 Å². The van der Waals surface area contributed by atoms with Crippen LogP contribution >= 0.6 is 0 Å². The van der Waals surface area contributed by atoms with Gasteiger partial charge < -0.3 is 26.9 Å². The van der Waals surface area contributed by atoms with Crippen LogP contribution in [0.1, 0.15) is 16.1 Å². The van der Waals surface area contributed by atoms with Crippen molar-refractivity contribution >= 4 is 5.97 Å². The Kier molecular flexibility index (Phi) is 6.72. The van der Waals surface area contributed by atoms with Crippen LogP contribution in [0, 0.1) is 0 Å². The molecular formula is C16H17ClNO3-. The van der Waals surface area contributed by atoms with E-state index in [1.807, 2.05) is 24.3 Å². The molecule has 1 aromatic carbocycles. The molecule has 0 spiro atoms. The van der Waals surface area contributed by atoms with Crippen molar-refractivity contribution in [3.63, 3.8) is 0 Å². The van der Waals surface area contributed by atoms with E-state index in [2.05, 4.69) is 16.6 Å². The van der Waals surface area contributed by atoms with Crippen molar-refractivity contribution in [3.05, 3.63) is 60.4 Å². The van der Waals surface area contributed by atoms with Gasteiger partial charge in [-0.1, -0.05) is 18.2 Å². The zero-order chi connectivity index (χ0) is 14.4. The van der Waals surface area contributed by atoms with Crippen LogP contribution in [0.15, 0.2) is 53.5 Å². The van der Waals surface area contributed by atoms with E-state index in [1.165, 1.54) is 7.11 Å². The molecule has 0 atom stereocenters. The normalized spacial score (nSPS) is 9.76. The van der Waals surface area contributed by atoms with E-state index in [0.717, 1.165) is 23.6 Å². The topological polar surface area (TPSA) is 51.5 Å². The molecule has 0 saturated carbocycles. The van der Waals surface area contributed by atoms with Crippen molar-refractivity contribution in [2.24, 2.45) is 0 Å². The van der Waals surface area contributed by atoms with Crippen LogP contribution in [-0.2, 0) is 11.3 Å². The van der Waals surface area contributed by atoms with E-state index in [4.69, 9.17) is 4.42 Å². The Balaban J connectivity index is 0.00000220. The summed E-state index contributed by atoms with van der Waals surface area (Å²) in [5.74, 6) is 1.29. The minimum atomic E-state index is -0.342. The lowest BCUT2D eigenvalue weighted by molar-refractivity contribution is -0.0000192. The minimum absolute atomic E-state index is 0. The molecule has 0 unspecified atom stereocenters. The molecule has 0 bridgehead atoms. The van der Waals surface area contributed by atoms with Crippen LogP contribution in [0.25, 0.3) is 11.3 Å². The predicted molar refractivity (Wildman–Crippen MR) is 77.4 cm³/mol. The van der Waals surface area contributed by atoms with Gasteiger partial charge in [-0.05, 0) is 24.3 Å². The average molecular weight is 307 g/mol. The van der Waals surface area contributed by atoms with Gasteiger partial charge in [0.1, 0.15) is 11.5 Å². The maximum Gasteiger partial charge on any atom is 0.337 e. The fourth-order valence-electron chi connectivity index (χ4n) is 1.81. The van der Waals surface area contributed by atoms with E-state index in [9.17, 15) is 4.79 Å². The van der Waals surface area contributed by atoms with Gasteiger partial charge in [-0.25, -0.2) is 4.79 Å². The SMILES string of the molecule is C=CCNCc1ccc(-c2ccc(C(=O)OC)cc2)o1.[Cl-]. The highest BCUT2D eigenvalue weighted by molar-refractivity contribution is 5.89. The third kappa shape index (κ3) is 4.48. The fourth-order valence-corrected chi connectivity index (χ4v) is 1.81. The zero-order valence-electron chi connectivity index (χ0n) is 11.8. The number of nitrogens with one attached hydrogen (secondary N) is 1. The summed E-state index contributed by atoms with van der Waals surface area (Å²) in [7, 11) is 1.37. The van der Waals surface area contributed by atoms with E-state index in [0.29, 0.717) is 12.1 Å². The van der Waals surface area contributed by atoms with Crippen LogP contribution in [0.3, 0.4) is 0 Å². The molecular weight excluding hydrogens is 290 g/mol. The summed E-state index contributed by atoms with van der Waals surface area (Å²) in [6.07, 6.45) is 1.80. The summed E-state index contributed by atoms with van der Waals surface area (Å²) in [4.78, 5) is 11.4. The van der Waals surface area contributed by atoms with Crippen molar-refractivity contribution < 1.29 is 26.4 Å². The first kappa shape index (κ1) is 17.0. The molecule has 0 saturated heterocycles. The smallest absolute Gasteiger partial charge is 0.337 e. The minimum Gasteiger partial charge on any atom is -1.00 e. The Labute approximate surface area is 130 Å². The number of carbonyl (C=O) groups excluding carboxylic acids is 1. The Morgan fingerprint density at radius 3 is 2.62 bits per heavy atom. The maximum atomic E-state index is 11.4. The first-order valence-electron chi connectivity index (χ1n) is 6.33. The lowest BCUT2D eigenvalue weighted by Gasteiger charge is -2.01. The molecule has 0 radical (unpaired) electrons. The first-order valence-corrected chi connectivity index (χ1v) is 6.33. The molecule has 0 fully saturated rings. The summed E-state index contributed by atoms with van der Waals surface area (Å²) in [5.41, 5.74) is 1.45. The molecule has 4 nitrogen and oxygen atoms in total. The third-order valence-electron chi connectivity index (χ3n) is 2.84. The van der Waals surface area contributed by atoms with Crippen molar-refractivity contribution in [1.29, 1.82) is 0 Å². The summed E-state index contributed by atoms with van der Waals surface area (Å²) in [6.45, 7) is 5.04. The highest BCUT2D eigenvalue weighted by Crippen LogP contribution is 2.22. The van der Waals surface area contributed by atoms with Gasteiger partial charge in [0.05, 0.1) is 19.2 Å². The van der Waals surface area contributed by atoms with Gasteiger partial charge in [0.25, 0.3) is 0 Å². The van der Waals surface area contributed by atoms with Crippen molar-refractivity contribution in [1.82, 2.24) is 5.32 Å². The van der Waals surface area contributed by atoms with E-state index in [1.54, 1.807) is 18.2 Å². The molecule has 2 aromatic rings. The fraction of sp³-hybridized carbons (Fsp3) is 0.188. The maximum absolute atomic E-state index is 11.4. The van der Waals surface area contributed by atoms with Gasteiger partial charge in [-0.2, -0.15) is 0 Å². The highest BCUT2D eigenvalue weighted by atomic mass is 35.5. The second-order valence-electron chi connectivity index (χ2n) is 4.25. The van der Waals surface area contributed by atoms with Crippen LogP contribution < -0.4 is 17.7 Å². The lowest BCUT2D eigenvalue weighted by atomic mass is 10.1. The van der Waals surface area contributed by atoms with Crippen molar-refractivity contribution in [2.75, 3.05) is 13.7 Å². The summed E-state index contributed by atoms with van der Waals surface area (Å²) in [6, 6.07) is 11.0. The number of halogens is 1. The molecule has 112 valence electrons. The number of esters is 1. The molecule has 0 aliphatic heterocycles. The number of benzene rings is 1. The molecule has 0 aliphatic rings. The summed E-state index contributed by atoms with van der Waals surface area (Å²) in [5, 5.41) is 3.17. The number of methoxy groups -OCH3 is 1. The standard InChI is InChI=1S/C16H17NO3.ClH/c1-3-10-17-11-14-8-9-15(20-14)12-4-6-13(7-5-12)16(18)19-2;/h3-9,17H,1,10-11H2,2H3;1H/p-1. The van der Waals surface area contributed by atoms with Gasteiger partial charge >= 0.3 is 5.97 Å². The van der Waals surface area contributed by atoms with Crippen molar-refractivity contribution in [3.8, 4) is 11.3 Å². The number of ether oxygens (including phenoxy) is 1. The quantitative estimate of drug-likeness (QED) is 0.464. The number of hydrogen-bond acceptors (Lipinski definition) is 4. The molecule has 2 rings (SSSR count). The molecule has 1 heterocycles. The van der Waals surface area contributed by atoms with Gasteiger partial charge in [-0.15, -0.1) is 6.58 Å². The number of rotatable bonds is 6. The number of carbonyl (C=O) groups is 1. The second kappa shape index (κ2) is 8.29.